The SMILES string of the molecule is C=CC(=O)N1CCCC[C@H]1CNC(=O)N[C@H](CB(O)O)c1ccccc1. The summed E-state index contributed by atoms with van der Waals surface area (Å²) in [6, 6.07) is 8.16. The van der Waals surface area contributed by atoms with E-state index in [-0.39, 0.29) is 18.3 Å². The Morgan fingerprint density at radius 2 is 2.04 bits per heavy atom. The maximum absolute atomic E-state index is 12.3. The van der Waals surface area contributed by atoms with Crippen LogP contribution in [-0.2, 0) is 4.79 Å². The number of amides is 3. The first-order chi connectivity index (χ1) is 12.5. The first-order valence-electron chi connectivity index (χ1n) is 8.89. The highest BCUT2D eigenvalue weighted by Gasteiger charge is 2.26. The fourth-order valence-corrected chi connectivity index (χ4v) is 3.21. The summed E-state index contributed by atoms with van der Waals surface area (Å²) in [7, 11) is -1.53. The Morgan fingerprint density at radius 1 is 1.31 bits per heavy atom. The average molecular weight is 359 g/mol. The van der Waals surface area contributed by atoms with Gasteiger partial charge in [-0.2, -0.15) is 0 Å². The molecule has 4 N–H and O–H groups in total. The van der Waals surface area contributed by atoms with Crippen LogP contribution >= 0.6 is 0 Å². The van der Waals surface area contributed by atoms with Crippen molar-refractivity contribution in [3.63, 3.8) is 0 Å². The third-order valence-electron chi connectivity index (χ3n) is 4.54. The topological polar surface area (TPSA) is 102 Å². The van der Waals surface area contributed by atoms with Crippen molar-refractivity contribution < 1.29 is 19.6 Å². The van der Waals surface area contributed by atoms with E-state index in [0.29, 0.717) is 13.1 Å². The van der Waals surface area contributed by atoms with Gasteiger partial charge in [0, 0.05) is 25.5 Å². The zero-order valence-corrected chi connectivity index (χ0v) is 14.8. The molecule has 140 valence electrons. The van der Waals surface area contributed by atoms with Gasteiger partial charge in [0.1, 0.15) is 0 Å². The van der Waals surface area contributed by atoms with E-state index in [9.17, 15) is 19.6 Å². The Bertz CT molecular complexity index is 612. The van der Waals surface area contributed by atoms with Crippen molar-refractivity contribution >= 4 is 19.1 Å². The van der Waals surface area contributed by atoms with Gasteiger partial charge in [-0.1, -0.05) is 36.9 Å². The predicted octanol–water partition coefficient (Wildman–Crippen LogP) is 1.07. The summed E-state index contributed by atoms with van der Waals surface area (Å²) in [5, 5.41) is 24.1. The van der Waals surface area contributed by atoms with Crippen LogP contribution in [0.15, 0.2) is 43.0 Å². The van der Waals surface area contributed by atoms with Crippen molar-refractivity contribution in [3.8, 4) is 0 Å². The molecule has 1 aromatic carbocycles. The van der Waals surface area contributed by atoms with E-state index in [1.165, 1.54) is 6.08 Å². The fraction of sp³-hybridized carbons (Fsp3) is 0.444. The summed E-state index contributed by atoms with van der Waals surface area (Å²) in [4.78, 5) is 26.0. The lowest BCUT2D eigenvalue weighted by Gasteiger charge is -2.35. The molecule has 1 aliphatic heterocycles. The van der Waals surface area contributed by atoms with Gasteiger partial charge >= 0.3 is 13.1 Å². The second-order valence-electron chi connectivity index (χ2n) is 6.42. The van der Waals surface area contributed by atoms with Crippen LogP contribution in [0.25, 0.3) is 0 Å². The number of piperidine rings is 1. The van der Waals surface area contributed by atoms with Crippen molar-refractivity contribution in [1.29, 1.82) is 0 Å². The Labute approximate surface area is 154 Å². The second kappa shape index (κ2) is 9.99. The Morgan fingerprint density at radius 3 is 2.69 bits per heavy atom. The molecule has 1 saturated heterocycles. The van der Waals surface area contributed by atoms with E-state index in [2.05, 4.69) is 17.2 Å². The molecule has 3 amide bonds. The van der Waals surface area contributed by atoms with Crippen molar-refractivity contribution in [2.45, 2.75) is 37.7 Å². The van der Waals surface area contributed by atoms with E-state index < -0.39 is 19.2 Å². The van der Waals surface area contributed by atoms with Crippen LogP contribution in [0.5, 0.6) is 0 Å². The third kappa shape index (κ3) is 5.89. The van der Waals surface area contributed by atoms with Crippen LogP contribution in [0.2, 0.25) is 6.32 Å². The maximum atomic E-state index is 12.3. The van der Waals surface area contributed by atoms with Crippen molar-refractivity contribution in [2.24, 2.45) is 0 Å². The number of urea groups is 1. The summed E-state index contributed by atoms with van der Waals surface area (Å²) in [5.41, 5.74) is 0.789. The minimum absolute atomic E-state index is 0.0120. The van der Waals surface area contributed by atoms with E-state index in [1.807, 2.05) is 30.3 Å². The number of nitrogens with zero attached hydrogens (tertiary/aromatic N) is 1. The predicted molar refractivity (Wildman–Crippen MR) is 100 cm³/mol. The molecule has 1 fully saturated rings. The first kappa shape index (κ1) is 20.0. The summed E-state index contributed by atoms with van der Waals surface area (Å²) in [6.07, 6.45) is 4.08. The molecule has 7 nitrogen and oxygen atoms in total. The number of carbonyl (C=O) groups is 2. The summed E-state index contributed by atoms with van der Waals surface area (Å²) in [6.45, 7) is 4.54. The first-order valence-corrected chi connectivity index (χ1v) is 8.89. The standard InChI is InChI=1S/C18H26BN3O4/c1-2-17(23)22-11-7-6-10-15(22)13-20-18(24)21-16(12-19(25)26)14-8-4-3-5-9-14/h2-5,8-9,15-16,25-26H,1,6-7,10-13H2,(H2,20,21,24)/t15-,16+/m0/s1. The van der Waals surface area contributed by atoms with Gasteiger partial charge in [-0.3, -0.25) is 4.79 Å². The van der Waals surface area contributed by atoms with Gasteiger partial charge in [0.15, 0.2) is 0 Å². The summed E-state index contributed by atoms with van der Waals surface area (Å²) >= 11 is 0. The van der Waals surface area contributed by atoms with Crippen molar-refractivity contribution in [3.05, 3.63) is 48.6 Å². The molecule has 1 aliphatic rings. The molecule has 0 aliphatic carbocycles. The highest BCUT2D eigenvalue weighted by molar-refractivity contribution is 6.41. The summed E-state index contributed by atoms with van der Waals surface area (Å²) in [5.74, 6) is -0.123. The molecule has 2 atom stereocenters. The molecular formula is C18H26BN3O4. The Kier molecular flexibility index (Phi) is 7.68. The Hall–Kier alpha value is -2.32. The lowest BCUT2D eigenvalue weighted by molar-refractivity contribution is -0.129. The fourth-order valence-electron chi connectivity index (χ4n) is 3.21. The van der Waals surface area contributed by atoms with Gasteiger partial charge in [-0.25, -0.2) is 4.79 Å². The summed E-state index contributed by atoms with van der Waals surface area (Å²) < 4.78 is 0. The third-order valence-corrected chi connectivity index (χ3v) is 4.54. The van der Waals surface area contributed by atoms with Gasteiger partial charge in [0.05, 0.1) is 6.04 Å². The number of rotatable bonds is 7. The number of hydrogen-bond acceptors (Lipinski definition) is 4. The van der Waals surface area contributed by atoms with Gasteiger partial charge in [0.2, 0.25) is 5.91 Å². The monoisotopic (exact) mass is 359 g/mol. The van der Waals surface area contributed by atoms with Gasteiger partial charge in [-0.05, 0) is 30.9 Å². The number of likely N-dealkylation sites (tertiary alicyclic amines) is 1. The molecule has 2 rings (SSSR count). The lowest BCUT2D eigenvalue weighted by atomic mass is 9.79. The minimum Gasteiger partial charge on any atom is -0.427 e. The molecule has 1 heterocycles. The maximum Gasteiger partial charge on any atom is 0.453 e. The molecule has 1 aromatic rings. The molecule has 0 bridgehead atoms. The van der Waals surface area contributed by atoms with Gasteiger partial charge in [-0.15, -0.1) is 0 Å². The second-order valence-corrected chi connectivity index (χ2v) is 6.42. The number of carbonyl (C=O) groups excluding carboxylic acids is 2. The smallest absolute Gasteiger partial charge is 0.427 e. The average Bonchev–Trinajstić information content (AvgIpc) is 2.66. The molecule has 0 spiro atoms. The zero-order chi connectivity index (χ0) is 18.9. The lowest BCUT2D eigenvalue weighted by Crippen LogP contribution is -2.50. The quantitative estimate of drug-likeness (QED) is 0.432. The largest absolute Gasteiger partial charge is 0.453 e. The van der Waals surface area contributed by atoms with E-state index >= 15 is 0 Å². The minimum atomic E-state index is -1.53. The molecule has 0 aromatic heterocycles. The highest BCUT2D eigenvalue weighted by atomic mass is 16.4. The molecule has 8 heteroatoms. The highest BCUT2D eigenvalue weighted by Crippen LogP contribution is 2.19. The van der Waals surface area contributed by atoms with Crippen LogP contribution in [0, 0.1) is 0 Å². The molecule has 26 heavy (non-hydrogen) atoms. The molecular weight excluding hydrogens is 333 g/mol. The zero-order valence-electron chi connectivity index (χ0n) is 14.8. The molecule has 0 unspecified atom stereocenters. The van der Waals surface area contributed by atoms with Crippen LogP contribution in [0.1, 0.15) is 30.9 Å². The number of nitrogens with one attached hydrogen (secondary N) is 2. The van der Waals surface area contributed by atoms with Crippen molar-refractivity contribution in [2.75, 3.05) is 13.1 Å². The van der Waals surface area contributed by atoms with Gasteiger partial charge < -0.3 is 25.6 Å². The normalized spacial score (nSPS) is 17.9. The number of benzene rings is 1. The van der Waals surface area contributed by atoms with E-state index in [4.69, 9.17) is 0 Å². The van der Waals surface area contributed by atoms with Gasteiger partial charge in [0.25, 0.3) is 0 Å². The Balaban J connectivity index is 1.92. The molecule has 0 radical (unpaired) electrons. The van der Waals surface area contributed by atoms with Crippen LogP contribution in [0.4, 0.5) is 4.79 Å². The van der Waals surface area contributed by atoms with Crippen LogP contribution < -0.4 is 10.6 Å². The van der Waals surface area contributed by atoms with E-state index in [0.717, 1.165) is 24.8 Å². The molecule has 0 saturated carbocycles. The van der Waals surface area contributed by atoms with Crippen molar-refractivity contribution in [1.82, 2.24) is 15.5 Å². The van der Waals surface area contributed by atoms with Crippen LogP contribution in [0.3, 0.4) is 0 Å². The van der Waals surface area contributed by atoms with E-state index in [1.54, 1.807) is 4.90 Å². The number of hydrogen-bond donors (Lipinski definition) is 4. The van der Waals surface area contributed by atoms with Crippen LogP contribution in [-0.4, -0.2) is 53.1 Å².